The van der Waals surface area contributed by atoms with E-state index in [1.54, 1.807) is 0 Å². The Bertz CT molecular complexity index is 196. The molecule has 2 atom stereocenters. The van der Waals surface area contributed by atoms with Crippen LogP contribution in [0.3, 0.4) is 0 Å². The molecule has 0 N–H and O–H groups in total. The molecule has 2 saturated heterocycles. The monoisotopic (exact) mass is 312 g/mol. The van der Waals surface area contributed by atoms with E-state index in [2.05, 4.69) is 26.9 Å². The molecule has 82 valence electrons. The van der Waals surface area contributed by atoms with Crippen LogP contribution in [0.15, 0.2) is 0 Å². The van der Waals surface area contributed by atoms with Gasteiger partial charge in [-0.25, -0.2) is 0 Å². The van der Waals surface area contributed by atoms with Crippen LogP contribution < -0.4 is 0 Å². The maximum absolute atomic E-state index is 2.75. The Kier molecular flexibility index (Phi) is 3.76. The first-order valence-electron chi connectivity index (χ1n) is 5.73. The van der Waals surface area contributed by atoms with Gasteiger partial charge < -0.3 is 0 Å². The SMILES string of the molecule is C[Te]N1CC2CCN(C(C)C)CC2C1. The molecule has 0 aromatic carbocycles. The second kappa shape index (κ2) is 4.70. The number of piperidine rings is 1. The van der Waals surface area contributed by atoms with E-state index in [4.69, 9.17) is 0 Å². The van der Waals surface area contributed by atoms with Crippen molar-refractivity contribution in [2.45, 2.75) is 31.3 Å². The van der Waals surface area contributed by atoms with Gasteiger partial charge in [-0.3, -0.25) is 0 Å². The van der Waals surface area contributed by atoms with Gasteiger partial charge in [-0.15, -0.1) is 0 Å². The Labute approximate surface area is 98.4 Å². The molecule has 3 heteroatoms. The summed E-state index contributed by atoms with van der Waals surface area (Å²) in [6, 6.07) is 0.753. The molecule has 2 heterocycles. The third kappa shape index (κ3) is 2.27. The summed E-state index contributed by atoms with van der Waals surface area (Å²) in [6.45, 7) is 10.2. The van der Waals surface area contributed by atoms with Crippen LogP contribution in [-0.2, 0) is 0 Å². The van der Waals surface area contributed by atoms with Crippen molar-refractivity contribution >= 4 is 21.2 Å². The molecule has 2 rings (SSSR count). The Balaban J connectivity index is 1.91. The minimum atomic E-state index is 0.187. The maximum atomic E-state index is 2.75. The molecular weight excluding hydrogens is 288 g/mol. The molecule has 0 bridgehead atoms. The Hall–Kier alpha value is 0.710. The zero-order valence-corrected chi connectivity index (χ0v) is 11.9. The average molecular weight is 310 g/mol. The van der Waals surface area contributed by atoms with Crippen molar-refractivity contribution in [2.75, 3.05) is 26.2 Å². The first kappa shape index (κ1) is 11.2. The van der Waals surface area contributed by atoms with E-state index in [0.717, 1.165) is 17.9 Å². The first-order chi connectivity index (χ1) is 6.70. The van der Waals surface area contributed by atoms with E-state index >= 15 is 0 Å². The van der Waals surface area contributed by atoms with Gasteiger partial charge >= 0.3 is 98.5 Å². The van der Waals surface area contributed by atoms with Crippen molar-refractivity contribution < 1.29 is 0 Å². The summed E-state index contributed by atoms with van der Waals surface area (Å²) < 4.78 is 2.75. The van der Waals surface area contributed by atoms with Crippen LogP contribution in [-0.4, -0.2) is 61.5 Å². The molecule has 14 heavy (non-hydrogen) atoms. The molecule has 2 fully saturated rings. The second-order valence-electron chi connectivity index (χ2n) is 4.93. The zero-order chi connectivity index (χ0) is 10.1. The van der Waals surface area contributed by atoms with E-state index in [9.17, 15) is 0 Å². The summed E-state index contributed by atoms with van der Waals surface area (Å²) in [6.07, 6.45) is 1.45. The molecular formula is C11H22N2Te. The van der Waals surface area contributed by atoms with Crippen LogP contribution in [0, 0.1) is 11.8 Å². The summed E-state index contributed by atoms with van der Waals surface area (Å²) in [7, 11) is 0. The van der Waals surface area contributed by atoms with Crippen molar-refractivity contribution in [1.82, 2.24) is 8.05 Å². The van der Waals surface area contributed by atoms with E-state index in [1.807, 2.05) is 0 Å². The topological polar surface area (TPSA) is 6.48 Å². The van der Waals surface area contributed by atoms with Crippen LogP contribution in [0.1, 0.15) is 20.3 Å². The number of hydrogen-bond donors (Lipinski definition) is 0. The van der Waals surface area contributed by atoms with Crippen LogP contribution in [0.4, 0.5) is 0 Å². The van der Waals surface area contributed by atoms with Crippen molar-refractivity contribution in [3.05, 3.63) is 0 Å². The standard InChI is InChI=1S/C11H22N2Te/c1-9(2)12-5-4-10-7-13(14-3)8-11(10)6-12/h9-11H,4-8H2,1-3H3. The predicted octanol–water partition coefficient (Wildman–Crippen LogP) is 1.32. The normalized spacial score (nSPS) is 35.1. The quantitative estimate of drug-likeness (QED) is 0.710. The summed E-state index contributed by atoms with van der Waals surface area (Å²) in [5, 5.41) is 0. The van der Waals surface area contributed by atoms with E-state index in [-0.39, 0.29) is 21.2 Å². The molecule has 0 aromatic rings. The summed E-state index contributed by atoms with van der Waals surface area (Å²) in [4.78, 5) is 5.09. The third-order valence-corrected chi connectivity index (χ3v) is 6.11. The number of likely N-dealkylation sites (tertiary alicyclic amines) is 1. The number of hydrogen-bond acceptors (Lipinski definition) is 2. The fourth-order valence-electron chi connectivity index (χ4n) is 2.77. The van der Waals surface area contributed by atoms with Crippen molar-refractivity contribution in [3.63, 3.8) is 0 Å². The molecule has 2 aliphatic heterocycles. The Morgan fingerprint density at radius 3 is 2.50 bits per heavy atom. The second-order valence-corrected chi connectivity index (χ2v) is 7.44. The fourth-order valence-corrected chi connectivity index (χ4v) is 4.72. The van der Waals surface area contributed by atoms with Gasteiger partial charge in [0, 0.05) is 0 Å². The summed E-state index contributed by atoms with van der Waals surface area (Å²) in [5.74, 6) is 2.03. The van der Waals surface area contributed by atoms with Gasteiger partial charge in [-0.1, -0.05) is 0 Å². The van der Waals surface area contributed by atoms with Crippen molar-refractivity contribution in [2.24, 2.45) is 11.8 Å². The summed E-state index contributed by atoms with van der Waals surface area (Å²) >= 11 is 0.187. The molecule has 0 radical (unpaired) electrons. The van der Waals surface area contributed by atoms with E-state index in [0.29, 0.717) is 0 Å². The van der Waals surface area contributed by atoms with Gasteiger partial charge in [0.2, 0.25) is 0 Å². The molecule has 0 saturated carbocycles. The van der Waals surface area contributed by atoms with E-state index in [1.165, 1.54) is 32.6 Å². The zero-order valence-electron chi connectivity index (χ0n) is 9.57. The average Bonchev–Trinajstić information content (AvgIpc) is 2.58. The molecule has 0 aliphatic carbocycles. The van der Waals surface area contributed by atoms with Crippen LogP contribution in [0.5, 0.6) is 0 Å². The third-order valence-electron chi connectivity index (χ3n) is 3.79. The van der Waals surface area contributed by atoms with Gasteiger partial charge in [0.05, 0.1) is 0 Å². The molecule has 2 unspecified atom stereocenters. The Morgan fingerprint density at radius 1 is 1.14 bits per heavy atom. The molecule has 0 amide bonds. The van der Waals surface area contributed by atoms with E-state index < -0.39 is 0 Å². The van der Waals surface area contributed by atoms with Gasteiger partial charge in [-0.05, 0) is 0 Å². The van der Waals surface area contributed by atoms with Crippen molar-refractivity contribution in [1.29, 1.82) is 0 Å². The fraction of sp³-hybridized carbons (Fsp3) is 1.00. The van der Waals surface area contributed by atoms with Crippen molar-refractivity contribution in [3.8, 4) is 0 Å². The number of fused-ring (bicyclic) bond motifs is 1. The van der Waals surface area contributed by atoms with Gasteiger partial charge in [0.25, 0.3) is 0 Å². The van der Waals surface area contributed by atoms with Crippen LogP contribution in [0.25, 0.3) is 0 Å². The first-order valence-corrected chi connectivity index (χ1v) is 9.11. The van der Waals surface area contributed by atoms with Gasteiger partial charge in [-0.2, -0.15) is 0 Å². The molecule has 0 spiro atoms. The van der Waals surface area contributed by atoms with Gasteiger partial charge in [0.1, 0.15) is 0 Å². The number of nitrogens with zero attached hydrogens (tertiary/aromatic N) is 2. The minimum absolute atomic E-state index is 0.187. The summed E-state index contributed by atoms with van der Waals surface area (Å²) in [5.41, 5.74) is 0. The predicted molar refractivity (Wildman–Crippen MR) is 61.5 cm³/mol. The van der Waals surface area contributed by atoms with Crippen LogP contribution in [0.2, 0.25) is 4.97 Å². The van der Waals surface area contributed by atoms with Gasteiger partial charge in [0.15, 0.2) is 0 Å². The number of rotatable bonds is 2. The Morgan fingerprint density at radius 2 is 1.86 bits per heavy atom. The molecule has 2 aliphatic rings. The van der Waals surface area contributed by atoms with Crippen LogP contribution >= 0.6 is 0 Å². The molecule has 2 nitrogen and oxygen atoms in total. The molecule has 0 aromatic heterocycles.